The van der Waals surface area contributed by atoms with Crippen LogP contribution in [0.15, 0.2) is 102 Å². The van der Waals surface area contributed by atoms with Gasteiger partial charge in [0.25, 0.3) is 11.8 Å². The first-order valence-corrected chi connectivity index (χ1v) is 10.7. The third kappa shape index (κ3) is 6.11. The molecule has 0 saturated carbocycles. The summed E-state index contributed by atoms with van der Waals surface area (Å²) in [5, 5.41) is 5.63. The van der Waals surface area contributed by atoms with Crippen LogP contribution in [0.25, 0.3) is 0 Å². The molecule has 6 heteroatoms. The lowest BCUT2D eigenvalue weighted by Gasteiger charge is -2.12. The van der Waals surface area contributed by atoms with E-state index in [1.54, 1.807) is 60.9 Å². The van der Waals surface area contributed by atoms with Gasteiger partial charge >= 0.3 is 0 Å². The second-order valence-electron chi connectivity index (χ2n) is 7.37. The number of amides is 2. The molecule has 0 aliphatic rings. The Kier molecular flexibility index (Phi) is 7.18. The summed E-state index contributed by atoms with van der Waals surface area (Å²) in [5.41, 5.74) is 2.42. The molecule has 0 unspecified atom stereocenters. The van der Waals surface area contributed by atoms with Crippen molar-refractivity contribution in [3.05, 3.63) is 120 Å². The van der Waals surface area contributed by atoms with Crippen LogP contribution < -0.4 is 15.4 Å². The van der Waals surface area contributed by atoms with Crippen molar-refractivity contribution >= 4 is 17.5 Å². The Hall–Kier alpha value is -4.32. The van der Waals surface area contributed by atoms with Gasteiger partial charge in [-0.25, -0.2) is 0 Å². The third-order valence-electron chi connectivity index (χ3n) is 5.02. The molecule has 6 nitrogen and oxygen atoms in total. The lowest BCUT2D eigenvalue weighted by Crippen LogP contribution is -2.24. The van der Waals surface area contributed by atoms with Crippen LogP contribution in [0.2, 0.25) is 0 Å². The molecule has 33 heavy (non-hydrogen) atoms. The Bertz CT molecular complexity index is 1200. The van der Waals surface area contributed by atoms with E-state index < -0.39 is 0 Å². The Morgan fingerprint density at radius 1 is 0.818 bits per heavy atom. The number of rotatable bonds is 9. The number of para-hydroxylation sites is 1. The van der Waals surface area contributed by atoms with Crippen LogP contribution in [0, 0.1) is 0 Å². The number of carbonyl (C=O) groups excluding carboxylic acids is 2. The fourth-order valence-electron chi connectivity index (χ4n) is 3.32. The molecule has 0 aliphatic carbocycles. The van der Waals surface area contributed by atoms with Crippen LogP contribution in [0.1, 0.15) is 32.0 Å². The molecule has 4 aromatic rings. The average molecular weight is 440 g/mol. The van der Waals surface area contributed by atoms with E-state index in [1.807, 2.05) is 24.3 Å². The molecule has 0 radical (unpaired) electrons. The lowest BCUT2D eigenvalue weighted by atomic mass is 10.1. The SMILES string of the molecule is O=C(Nc1ccccc1C(=O)NCc1ccco1)c1cccc(OCCc2ccccc2)c1. The number of benzene rings is 3. The molecule has 1 heterocycles. The minimum atomic E-state index is -0.324. The number of hydrogen-bond acceptors (Lipinski definition) is 4. The first-order chi connectivity index (χ1) is 16.2. The molecule has 0 saturated heterocycles. The Labute approximate surface area is 192 Å². The van der Waals surface area contributed by atoms with Gasteiger partial charge in [-0.15, -0.1) is 0 Å². The van der Waals surface area contributed by atoms with Gasteiger partial charge < -0.3 is 19.8 Å². The van der Waals surface area contributed by atoms with Gasteiger partial charge in [-0.05, 0) is 48.0 Å². The van der Waals surface area contributed by atoms with E-state index in [4.69, 9.17) is 9.15 Å². The van der Waals surface area contributed by atoms with E-state index in [2.05, 4.69) is 22.8 Å². The Morgan fingerprint density at radius 2 is 1.64 bits per heavy atom. The zero-order valence-corrected chi connectivity index (χ0v) is 18.0. The molecule has 0 bridgehead atoms. The largest absolute Gasteiger partial charge is 0.493 e. The van der Waals surface area contributed by atoms with Crippen LogP contribution in [-0.2, 0) is 13.0 Å². The predicted molar refractivity (Wildman–Crippen MR) is 126 cm³/mol. The summed E-state index contributed by atoms with van der Waals surface area (Å²) in [7, 11) is 0. The molecule has 0 atom stereocenters. The molecule has 166 valence electrons. The smallest absolute Gasteiger partial charge is 0.255 e. The van der Waals surface area contributed by atoms with Crippen LogP contribution >= 0.6 is 0 Å². The van der Waals surface area contributed by atoms with Crippen LogP contribution in [-0.4, -0.2) is 18.4 Å². The molecule has 0 spiro atoms. The van der Waals surface area contributed by atoms with Crippen LogP contribution in [0.5, 0.6) is 5.75 Å². The van der Waals surface area contributed by atoms with Gasteiger partial charge in [-0.1, -0.05) is 48.5 Å². The normalized spacial score (nSPS) is 10.4. The maximum Gasteiger partial charge on any atom is 0.255 e. The molecule has 2 N–H and O–H groups in total. The summed E-state index contributed by atoms with van der Waals surface area (Å²) in [6, 6.07) is 27.5. The summed E-state index contributed by atoms with van der Waals surface area (Å²) in [6.07, 6.45) is 2.33. The zero-order chi connectivity index (χ0) is 22.9. The first kappa shape index (κ1) is 21.9. The quantitative estimate of drug-likeness (QED) is 0.380. The van der Waals surface area contributed by atoms with Crippen molar-refractivity contribution in [2.75, 3.05) is 11.9 Å². The van der Waals surface area contributed by atoms with Crippen molar-refractivity contribution in [1.82, 2.24) is 5.32 Å². The van der Waals surface area contributed by atoms with Crippen molar-refractivity contribution in [3.63, 3.8) is 0 Å². The maximum atomic E-state index is 12.9. The minimum absolute atomic E-state index is 0.260. The molecule has 0 fully saturated rings. The summed E-state index contributed by atoms with van der Waals surface area (Å²) in [4.78, 5) is 25.5. The van der Waals surface area contributed by atoms with Crippen molar-refractivity contribution in [2.45, 2.75) is 13.0 Å². The number of anilines is 1. The number of ether oxygens (including phenoxy) is 1. The van der Waals surface area contributed by atoms with Crippen LogP contribution in [0.3, 0.4) is 0 Å². The monoisotopic (exact) mass is 440 g/mol. The van der Waals surface area contributed by atoms with Gasteiger partial charge in [-0.3, -0.25) is 9.59 Å². The van der Waals surface area contributed by atoms with Crippen molar-refractivity contribution < 1.29 is 18.7 Å². The van der Waals surface area contributed by atoms with E-state index in [1.165, 1.54) is 5.56 Å². The van der Waals surface area contributed by atoms with Gasteiger partial charge in [0.05, 0.1) is 30.7 Å². The van der Waals surface area contributed by atoms with E-state index in [9.17, 15) is 9.59 Å². The van der Waals surface area contributed by atoms with Gasteiger partial charge in [0.2, 0.25) is 0 Å². The number of hydrogen-bond donors (Lipinski definition) is 2. The highest BCUT2D eigenvalue weighted by Gasteiger charge is 2.15. The summed E-state index contributed by atoms with van der Waals surface area (Å²) >= 11 is 0. The number of nitrogens with one attached hydrogen (secondary N) is 2. The number of furan rings is 1. The standard InChI is InChI=1S/C27H24N2O4/c30-26(21-10-6-11-22(18-21)33-17-15-20-8-2-1-3-9-20)29-25-14-5-4-13-24(25)27(31)28-19-23-12-7-16-32-23/h1-14,16,18H,15,17,19H2,(H,28,31)(H,29,30). The number of carbonyl (C=O) groups is 2. The van der Waals surface area contributed by atoms with Crippen molar-refractivity contribution in [3.8, 4) is 5.75 Å². The van der Waals surface area contributed by atoms with Gasteiger partial charge in [-0.2, -0.15) is 0 Å². The zero-order valence-electron chi connectivity index (χ0n) is 18.0. The highest BCUT2D eigenvalue weighted by molar-refractivity contribution is 6.09. The summed E-state index contributed by atoms with van der Waals surface area (Å²) in [6.45, 7) is 0.768. The third-order valence-corrected chi connectivity index (χ3v) is 5.02. The summed E-state index contributed by atoms with van der Waals surface area (Å²) < 4.78 is 11.1. The van der Waals surface area contributed by atoms with Crippen molar-refractivity contribution in [2.24, 2.45) is 0 Å². The maximum absolute atomic E-state index is 12.9. The topological polar surface area (TPSA) is 80.6 Å². The minimum Gasteiger partial charge on any atom is -0.493 e. The Balaban J connectivity index is 1.38. The highest BCUT2D eigenvalue weighted by atomic mass is 16.5. The van der Waals surface area contributed by atoms with Crippen molar-refractivity contribution in [1.29, 1.82) is 0 Å². The molecule has 1 aromatic heterocycles. The average Bonchev–Trinajstić information content (AvgIpc) is 3.37. The molecular weight excluding hydrogens is 416 g/mol. The van der Waals surface area contributed by atoms with E-state index in [0.29, 0.717) is 34.9 Å². The second kappa shape index (κ2) is 10.8. The van der Waals surface area contributed by atoms with Gasteiger partial charge in [0, 0.05) is 12.0 Å². The second-order valence-corrected chi connectivity index (χ2v) is 7.37. The predicted octanol–water partition coefficient (Wildman–Crippen LogP) is 5.08. The fraction of sp³-hybridized carbons (Fsp3) is 0.111. The van der Waals surface area contributed by atoms with E-state index >= 15 is 0 Å². The molecular formula is C27H24N2O4. The molecule has 2 amide bonds. The van der Waals surface area contributed by atoms with E-state index in [0.717, 1.165) is 6.42 Å². The highest BCUT2D eigenvalue weighted by Crippen LogP contribution is 2.19. The van der Waals surface area contributed by atoms with Gasteiger partial charge in [0.1, 0.15) is 11.5 Å². The molecule has 3 aromatic carbocycles. The van der Waals surface area contributed by atoms with Crippen LogP contribution in [0.4, 0.5) is 5.69 Å². The molecule has 0 aliphatic heterocycles. The van der Waals surface area contributed by atoms with E-state index in [-0.39, 0.29) is 18.4 Å². The fourth-order valence-corrected chi connectivity index (χ4v) is 3.32. The van der Waals surface area contributed by atoms with Gasteiger partial charge in [0.15, 0.2) is 0 Å². The molecule has 4 rings (SSSR count). The lowest BCUT2D eigenvalue weighted by molar-refractivity contribution is 0.0949. The Morgan fingerprint density at radius 3 is 2.45 bits per heavy atom. The summed E-state index contributed by atoms with van der Waals surface area (Å²) in [5.74, 6) is 0.632. The first-order valence-electron chi connectivity index (χ1n) is 10.7.